The van der Waals surface area contributed by atoms with Gasteiger partial charge in [-0.1, -0.05) is 50.2 Å². The van der Waals surface area contributed by atoms with E-state index >= 15 is 4.79 Å². The smallest absolute Gasteiger partial charge is 0.409 e. The van der Waals surface area contributed by atoms with Crippen molar-refractivity contribution in [3.05, 3.63) is 107 Å². The van der Waals surface area contributed by atoms with Gasteiger partial charge in [-0.05, 0) is 61.4 Å². The minimum Gasteiger partial charge on any atom is -0.467 e. The number of carbonyl (C=O) groups is 6. The van der Waals surface area contributed by atoms with Crippen molar-refractivity contribution in [1.82, 2.24) is 10.2 Å². The molecule has 4 N–H and O–H groups in total. The standard InChI is InChI=1S/C46H52N2O15/c1-24-29(61-41(55)34(51)33(28-19-14-20-58-28)47-39(53)26-15-10-8-11-16-26)22-46(57)38(62-40(54)27-17-12-9-13-18-27)36-44(5,37(52)35(60-25(2)49)32(24)43(46,3)4)30(50)21-31-45(36,23-59-31)63-42(56)48(6)7/h8-20,29-31,33-36,38,50-51,57H,21-23H2,1-7H3,(H,47,53)/t29-,30-,31+,33-,34+,35+,36-,38-,44+,45-,46+/m0/s1. The minimum atomic E-state index is -2.43. The summed E-state index contributed by atoms with van der Waals surface area (Å²) in [7, 11) is 2.87. The summed E-state index contributed by atoms with van der Waals surface area (Å²) in [6.07, 6.45) is -10.4. The Bertz CT molecular complexity index is 2290. The molecule has 2 aromatic carbocycles. The molecule has 2 heterocycles. The Morgan fingerprint density at radius 1 is 0.905 bits per heavy atom. The number of ketones is 1. The molecule has 1 aliphatic heterocycles. The molecule has 17 heteroatoms. The fourth-order valence-corrected chi connectivity index (χ4v) is 9.94. The van der Waals surface area contributed by atoms with E-state index in [1.54, 1.807) is 50.2 Å². The third kappa shape index (κ3) is 7.49. The molecule has 7 rings (SSSR count). The van der Waals surface area contributed by atoms with Crippen LogP contribution in [0, 0.1) is 16.7 Å². The average Bonchev–Trinajstić information content (AvgIpc) is 3.79. The summed E-state index contributed by atoms with van der Waals surface area (Å²) in [5.41, 5.74) is -7.65. The average molecular weight is 873 g/mol. The zero-order chi connectivity index (χ0) is 45.8. The molecule has 2 bridgehead atoms. The lowest BCUT2D eigenvalue weighted by Crippen LogP contribution is -2.82. The van der Waals surface area contributed by atoms with E-state index < -0.39 is 113 Å². The number of hydrogen-bond acceptors (Lipinski definition) is 15. The van der Waals surface area contributed by atoms with Crippen molar-refractivity contribution in [2.24, 2.45) is 16.7 Å². The normalized spacial score (nSPS) is 31.6. The van der Waals surface area contributed by atoms with Crippen molar-refractivity contribution in [3.63, 3.8) is 0 Å². The second-order valence-electron chi connectivity index (χ2n) is 17.6. The maximum atomic E-state index is 15.6. The van der Waals surface area contributed by atoms with Crippen LogP contribution < -0.4 is 5.32 Å². The number of Topliss-reactive ketones (excluding diaryl/α,β-unsaturated/α-hetero) is 1. The first-order valence-electron chi connectivity index (χ1n) is 20.6. The summed E-state index contributed by atoms with van der Waals surface area (Å²) < 4.78 is 36.0. The van der Waals surface area contributed by atoms with Gasteiger partial charge in [0.1, 0.15) is 35.7 Å². The number of rotatable bonds is 10. The number of ether oxygens (including phenoxy) is 5. The van der Waals surface area contributed by atoms with Crippen molar-refractivity contribution in [2.75, 3.05) is 20.7 Å². The zero-order valence-corrected chi connectivity index (χ0v) is 35.9. The molecule has 3 aromatic rings. The van der Waals surface area contributed by atoms with Gasteiger partial charge < -0.3 is 53.6 Å². The highest BCUT2D eigenvalue weighted by molar-refractivity contribution is 5.96. The molecule has 2 saturated carbocycles. The molecule has 2 amide bonds. The topological polar surface area (TPSA) is 238 Å². The van der Waals surface area contributed by atoms with Crippen LogP contribution in [0.2, 0.25) is 0 Å². The van der Waals surface area contributed by atoms with Gasteiger partial charge in [0.05, 0.1) is 35.9 Å². The molecule has 1 aromatic heterocycles. The summed E-state index contributed by atoms with van der Waals surface area (Å²) in [4.78, 5) is 85.2. The van der Waals surface area contributed by atoms with Crippen LogP contribution in [0.15, 0.2) is 94.6 Å². The van der Waals surface area contributed by atoms with Gasteiger partial charge in [0, 0.05) is 44.8 Å². The van der Waals surface area contributed by atoms with E-state index in [4.69, 9.17) is 28.1 Å². The molecule has 0 radical (unpaired) electrons. The van der Waals surface area contributed by atoms with Gasteiger partial charge in [-0.3, -0.25) is 14.4 Å². The van der Waals surface area contributed by atoms with Crippen molar-refractivity contribution < 1.29 is 72.2 Å². The first-order valence-corrected chi connectivity index (χ1v) is 20.6. The van der Waals surface area contributed by atoms with Gasteiger partial charge >= 0.3 is 24.0 Å². The Labute approximate surface area is 363 Å². The van der Waals surface area contributed by atoms with Gasteiger partial charge in [-0.15, -0.1) is 0 Å². The first kappa shape index (κ1) is 45.2. The molecular weight excluding hydrogens is 821 g/mol. The maximum absolute atomic E-state index is 15.6. The highest BCUT2D eigenvalue weighted by Gasteiger charge is 2.78. The minimum absolute atomic E-state index is 0.00533. The molecule has 3 fully saturated rings. The van der Waals surface area contributed by atoms with Gasteiger partial charge in [0.15, 0.2) is 23.6 Å². The van der Waals surface area contributed by atoms with E-state index in [1.807, 2.05) is 0 Å². The van der Waals surface area contributed by atoms with E-state index in [0.717, 1.165) is 11.8 Å². The number of amides is 2. The fourth-order valence-electron chi connectivity index (χ4n) is 9.94. The number of nitrogens with one attached hydrogen (secondary N) is 1. The van der Waals surface area contributed by atoms with Crippen LogP contribution in [0.5, 0.6) is 0 Å². The molecule has 4 aliphatic rings. The molecular formula is C46H52N2O15. The van der Waals surface area contributed by atoms with Gasteiger partial charge in [0.2, 0.25) is 0 Å². The Hall–Kier alpha value is -5.88. The lowest BCUT2D eigenvalue weighted by molar-refractivity contribution is -0.342. The first-order chi connectivity index (χ1) is 29.7. The zero-order valence-electron chi connectivity index (χ0n) is 35.9. The number of carbonyl (C=O) groups excluding carboxylic acids is 6. The number of esters is 3. The monoisotopic (exact) mass is 872 g/mol. The van der Waals surface area contributed by atoms with Crippen molar-refractivity contribution in [1.29, 1.82) is 0 Å². The van der Waals surface area contributed by atoms with E-state index in [9.17, 15) is 39.3 Å². The van der Waals surface area contributed by atoms with E-state index in [2.05, 4.69) is 5.32 Å². The Balaban J connectivity index is 1.39. The van der Waals surface area contributed by atoms with Gasteiger partial charge in [-0.25, -0.2) is 14.4 Å². The fraction of sp³-hybridized carbons (Fsp3) is 0.478. The Morgan fingerprint density at radius 3 is 2.10 bits per heavy atom. The second-order valence-corrected chi connectivity index (χ2v) is 17.6. The molecule has 11 atom stereocenters. The van der Waals surface area contributed by atoms with Crippen molar-refractivity contribution in [2.45, 2.75) is 101 Å². The van der Waals surface area contributed by atoms with Crippen LogP contribution in [-0.2, 0) is 38.1 Å². The number of nitrogens with zero attached hydrogens (tertiary/aromatic N) is 1. The lowest BCUT2D eigenvalue weighted by Gasteiger charge is -2.67. The third-order valence-corrected chi connectivity index (χ3v) is 13.5. The number of hydrogen-bond donors (Lipinski definition) is 4. The van der Waals surface area contributed by atoms with E-state index in [-0.39, 0.29) is 41.1 Å². The molecule has 0 unspecified atom stereocenters. The Morgan fingerprint density at radius 2 is 1.54 bits per heavy atom. The highest BCUT2D eigenvalue weighted by Crippen LogP contribution is 2.64. The van der Waals surface area contributed by atoms with Crippen LogP contribution in [0.1, 0.15) is 80.0 Å². The molecule has 0 spiro atoms. The van der Waals surface area contributed by atoms with Crippen molar-refractivity contribution >= 4 is 35.7 Å². The van der Waals surface area contributed by atoms with Crippen LogP contribution in [0.4, 0.5) is 4.79 Å². The number of aliphatic hydroxyl groups excluding tert-OH is 2. The predicted molar refractivity (Wildman–Crippen MR) is 218 cm³/mol. The van der Waals surface area contributed by atoms with Crippen molar-refractivity contribution in [3.8, 4) is 0 Å². The molecule has 1 saturated heterocycles. The number of fused-ring (bicyclic) bond motifs is 5. The van der Waals surface area contributed by atoms with E-state index in [1.165, 1.54) is 70.6 Å². The number of furan rings is 1. The highest BCUT2D eigenvalue weighted by atomic mass is 16.6. The van der Waals surface area contributed by atoms with Gasteiger partial charge in [-0.2, -0.15) is 0 Å². The summed E-state index contributed by atoms with van der Waals surface area (Å²) in [5.74, 6) is -6.27. The van der Waals surface area contributed by atoms with Crippen LogP contribution in [0.3, 0.4) is 0 Å². The molecule has 3 aliphatic carbocycles. The SMILES string of the molecule is CC(=O)O[C@H]1C(=O)[C@@]2(C)[C@H]([C@H](OC(=O)c3ccccc3)[C@]3(O)C[C@H](OC(=O)[C@H](O)[C@@H](NC(=O)c4ccccc4)c4ccco4)C(C)=C1C3(C)C)[C@]1(OC(=O)N(C)C)CO[C@@H]1C[C@@H]2O. The van der Waals surface area contributed by atoms with Crippen LogP contribution in [-0.4, -0.2) is 124 Å². The lowest BCUT2D eigenvalue weighted by atomic mass is 9.44. The largest absolute Gasteiger partial charge is 0.467 e. The van der Waals surface area contributed by atoms with Crippen LogP contribution in [0.25, 0.3) is 0 Å². The quantitative estimate of drug-likeness (QED) is 0.130. The molecule has 336 valence electrons. The Kier molecular flexibility index (Phi) is 12.0. The summed E-state index contributed by atoms with van der Waals surface area (Å²) in [6.45, 7) is 6.73. The number of benzene rings is 2. The summed E-state index contributed by atoms with van der Waals surface area (Å²) in [6, 6.07) is 17.3. The molecule has 17 nitrogen and oxygen atoms in total. The second kappa shape index (κ2) is 16.7. The van der Waals surface area contributed by atoms with E-state index in [0.29, 0.717) is 0 Å². The summed E-state index contributed by atoms with van der Waals surface area (Å²) in [5, 5.41) is 40.2. The third-order valence-electron chi connectivity index (χ3n) is 13.5. The summed E-state index contributed by atoms with van der Waals surface area (Å²) >= 11 is 0. The van der Waals surface area contributed by atoms with Gasteiger partial charge in [0.25, 0.3) is 5.91 Å². The van der Waals surface area contributed by atoms with Crippen LogP contribution >= 0.6 is 0 Å². The number of aliphatic hydroxyl groups is 3. The molecule has 63 heavy (non-hydrogen) atoms. The predicted octanol–water partition coefficient (Wildman–Crippen LogP) is 3.46. The maximum Gasteiger partial charge on any atom is 0.409 e.